The molecule has 0 bridgehead atoms. The van der Waals surface area contributed by atoms with Crippen LogP contribution in [-0.2, 0) is 4.79 Å². The molecule has 1 aliphatic carbocycles. The Hall–Kier alpha value is -1.84. The maximum Gasteiger partial charge on any atom is 0.324 e. The number of likely N-dealkylation sites (N-methyl/N-ethyl adjacent to an activating group) is 1. The highest BCUT2D eigenvalue weighted by molar-refractivity contribution is 6.09. The molecule has 2 atom stereocenters. The topological polar surface area (TPSA) is 49.4 Å². The van der Waals surface area contributed by atoms with Crippen LogP contribution in [0.25, 0.3) is 0 Å². The van der Waals surface area contributed by atoms with Crippen LogP contribution in [-0.4, -0.2) is 29.4 Å². The highest BCUT2D eigenvalue weighted by atomic mass is 16.2. The molecule has 1 aliphatic heterocycles. The predicted molar refractivity (Wildman–Crippen MR) is 57.8 cm³/mol. The van der Waals surface area contributed by atoms with Gasteiger partial charge < -0.3 is 5.32 Å². The Kier molecular flexibility index (Phi) is 1.67. The van der Waals surface area contributed by atoms with E-state index in [4.69, 9.17) is 0 Å². The minimum absolute atomic E-state index is 0.105. The number of urea groups is 1. The molecule has 1 saturated carbocycles. The van der Waals surface area contributed by atoms with E-state index in [1.807, 2.05) is 30.3 Å². The van der Waals surface area contributed by atoms with Crippen molar-refractivity contribution >= 4 is 11.9 Å². The molecule has 4 nitrogen and oxygen atoms in total. The van der Waals surface area contributed by atoms with E-state index in [1.165, 1.54) is 11.9 Å². The van der Waals surface area contributed by atoms with E-state index in [0.717, 1.165) is 5.56 Å². The lowest BCUT2D eigenvalue weighted by Crippen LogP contribution is -2.33. The second kappa shape index (κ2) is 2.84. The number of nitrogens with one attached hydrogen (secondary N) is 1. The number of imide groups is 1. The Bertz CT molecular complexity index is 471. The summed E-state index contributed by atoms with van der Waals surface area (Å²) in [6.07, 6.45) is 0.714. The summed E-state index contributed by atoms with van der Waals surface area (Å²) in [5, 5.41) is 2.79. The first-order valence-corrected chi connectivity index (χ1v) is 5.30. The highest BCUT2D eigenvalue weighted by Crippen LogP contribution is 2.54. The van der Waals surface area contributed by atoms with Gasteiger partial charge in [0.25, 0.3) is 5.91 Å². The van der Waals surface area contributed by atoms with Gasteiger partial charge in [-0.1, -0.05) is 30.3 Å². The Morgan fingerprint density at radius 1 is 1.31 bits per heavy atom. The molecule has 4 heteroatoms. The Balaban J connectivity index is 1.91. The second-order valence-electron chi connectivity index (χ2n) is 4.43. The molecule has 1 heterocycles. The zero-order chi connectivity index (χ0) is 11.3. The van der Waals surface area contributed by atoms with E-state index in [1.54, 1.807) is 0 Å². The molecule has 0 aromatic heterocycles. The molecule has 3 amide bonds. The molecular weight excluding hydrogens is 204 g/mol. The van der Waals surface area contributed by atoms with Crippen LogP contribution in [0.1, 0.15) is 17.9 Å². The van der Waals surface area contributed by atoms with Crippen molar-refractivity contribution in [3.63, 3.8) is 0 Å². The highest BCUT2D eigenvalue weighted by Gasteiger charge is 2.66. The molecular formula is C12H12N2O2. The SMILES string of the molecule is CN1C(=O)NC2(CC2c2ccccc2)C1=O. The third-order valence-corrected chi connectivity index (χ3v) is 3.48. The number of rotatable bonds is 1. The summed E-state index contributed by atoms with van der Waals surface area (Å²) < 4.78 is 0. The van der Waals surface area contributed by atoms with Gasteiger partial charge in [0.2, 0.25) is 0 Å². The minimum Gasteiger partial charge on any atom is -0.322 e. The summed E-state index contributed by atoms with van der Waals surface area (Å²) in [6, 6.07) is 9.55. The Morgan fingerprint density at radius 3 is 2.56 bits per heavy atom. The van der Waals surface area contributed by atoms with Crippen molar-refractivity contribution in [3.05, 3.63) is 35.9 Å². The van der Waals surface area contributed by atoms with E-state index in [-0.39, 0.29) is 17.9 Å². The van der Waals surface area contributed by atoms with Crippen molar-refractivity contribution in [3.8, 4) is 0 Å². The first-order valence-electron chi connectivity index (χ1n) is 5.30. The summed E-state index contributed by atoms with van der Waals surface area (Å²) in [7, 11) is 1.52. The third kappa shape index (κ3) is 1.04. The monoisotopic (exact) mass is 216 g/mol. The first kappa shape index (κ1) is 9.39. The van der Waals surface area contributed by atoms with Crippen molar-refractivity contribution in [2.45, 2.75) is 17.9 Å². The van der Waals surface area contributed by atoms with Gasteiger partial charge in [0.15, 0.2) is 0 Å². The standard InChI is InChI=1S/C12H12N2O2/c1-14-10(15)12(13-11(14)16)7-9(12)8-5-3-2-4-6-8/h2-6,9H,7H2,1H3,(H,13,16). The largest absolute Gasteiger partial charge is 0.324 e. The molecule has 1 spiro atoms. The first-order chi connectivity index (χ1) is 7.65. The lowest BCUT2D eigenvalue weighted by molar-refractivity contribution is -0.127. The summed E-state index contributed by atoms with van der Waals surface area (Å²) in [4.78, 5) is 24.5. The fraction of sp³-hybridized carbons (Fsp3) is 0.333. The zero-order valence-corrected chi connectivity index (χ0v) is 8.93. The number of nitrogens with zero attached hydrogens (tertiary/aromatic N) is 1. The molecule has 0 radical (unpaired) electrons. The Morgan fingerprint density at radius 2 is 2.00 bits per heavy atom. The van der Waals surface area contributed by atoms with Crippen molar-refractivity contribution in [1.82, 2.24) is 10.2 Å². The van der Waals surface area contributed by atoms with Crippen LogP contribution < -0.4 is 5.32 Å². The number of hydrogen-bond acceptors (Lipinski definition) is 2. The summed E-state index contributed by atoms with van der Waals surface area (Å²) in [6.45, 7) is 0. The quantitative estimate of drug-likeness (QED) is 0.714. The fourth-order valence-corrected chi connectivity index (χ4v) is 2.44. The summed E-state index contributed by atoms with van der Waals surface area (Å²) in [5.41, 5.74) is 0.471. The number of hydrogen-bond donors (Lipinski definition) is 1. The maximum atomic E-state index is 11.9. The number of carbonyl (C=O) groups excluding carboxylic acids is 2. The number of amides is 3. The van der Waals surface area contributed by atoms with Crippen LogP contribution in [0, 0.1) is 0 Å². The van der Waals surface area contributed by atoms with Gasteiger partial charge in [-0.15, -0.1) is 0 Å². The molecule has 1 aromatic rings. The van der Waals surface area contributed by atoms with Gasteiger partial charge >= 0.3 is 6.03 Å². The van der Waals surface area contributed by atoms with E-state index in [2.05, 4.69) is 5.32 Å². The van der Waals surface area contributed by atoms with Crippen LogP contribution in [0.4, 0.5) is 4.79 Å². The molecule has 1 aromatic carbocycles. The van der Waals surface area contributed by atoms with Gasteiger partial charge in [-0.3, -0.25) is 9.69 Å². The lowest BCUT2D eigenvalue weighted by Gasteiger charge is -2.07. The Labute approximate surface area is 93.2 Å². The van der Waals surface area contributed by atoms with Crippen LogP contribution in [0.5, 0.6) is 0 Å². The van der Waals surface area contributed by atoms with Gasteiger partial charge in [-0.25, -0.2) is 4.79 Å². The van der Waals surface area contributed by atoms with Crippen molar-refractivity contribution in [2.24, 2.45) is 0 Å². The normalized spacial score (nSPS) is 32.1. The molecule has 3 rings (SSSR count). The minimum atomic E-state index is -0.646. The molecule has 2 unspecified atom stereocenters. The number of carbonyl (C=O) groups is 2. The van der Waals surface area contributed by atoms with Gasteiger partial charge in [0, 0.05) is 13.0 Å². The van der Waals surface area contributed by atoms with Gasteiger partial charge in [0.1, 0.15) is 5.54 Å². The average Bonchev–Trinajstić information content (AvgIpc) is 2.99. The average molecular weight is 216 g/mol. The van der Waals surface area contributed by atoms with Crippen molar-refractivity contribution in [1.29, 1.82) is 0 Å². The molecule has 82 valence electrons. The maximum absolute atomic E-state index is 11.9. The third-order valence-electron chi connectivity index (χ3n) is 3.48. The van der Waals surface area contributed by atoms with E-state index in [0.29, 0.717) is 6.42 Å². The molecule has 2 aliphatic rings. The molecule has 16 heavy (non-hydrogen) atoms. The van der Waals surface area contributed by atoms with Crippen LogP contribution in [0.15, 0.2) is 30.3 Å². The van der Waals surface area contributed by atoms with E-state index >= 15 is 0 Å². The zero-order valence-electron chi connectivity index (χ0n) is 8.93. The van der Waals surface area contributed by atoms with E-state index in [9.17, 15) is 9.59 Å². The van der Waals surface area contributed by atoms with Gasteiger partial charge in [-0.2, -0.15) is 0 Å². The van der Waals surface area contributed by atoms with Crippen LogP contribution >= 0.6 is 0 Å². The smallest absolute Gasteiger partial charge is 0.322 e. The second-order valence-corrected chi connectivity index (χ2v) is 4.43. The van der Waals surface area contributed by atoms with Crippen LogP contribution in [0.2, 0.25) is 0 Å². The van der Waals surface area contributed by atoms with Gasteiger partial charge in [-0.05, 0) is 12.0 Å². The van der Waals surface area contributed by atoms with Crippen molar-refractivity contribution in [2.75, 3.05) is 7.05 Å². The number of benzene rings is 1. The molecule has 1 saturated heterocycles. The molecule has 2 fully saturated rings. The predicted octanol–water partition coefficient (Wildman–Crippen LogP) is 1.09. The van der Waals surface area contributed by atoms with E-state index < -0.39 is 5.54 Å². The van der Waals surface area contributed by atoms with Gasteiger partial charge in [0.05, 0.1) is 0 Å². The van der Waals surface area contributed by atoms with Crippen molar-refractivity contribution < 1.29 is 9.59 Å². The summed E-state index contributed by atoms with van der Waals surface area (Å²) in [5.74, 6) is 0.0291. The fourth-order valence-electron chi connectivity index (χ4n) is 2.44. The van der Waals surface area contributed by atoms with Crippen LogP contribution in [0.3, 0.4) is 0 Å². The lowest BCUT2D eigenvalue weighted by atomic mass is 10.1. The molecule has 1 N–H and O–H groups in total. The summed E-state index contributed by atoms with van der Waals surface area (Å²) >= 11 is 0.